The first-order chi connectivity index (χ1) is 20.9. The van der Waals surface area contributed by atoms with E-state index in [-0.39, 0.29) is 24.6 Å². The van der Waals surface area contributed by atoms with Crippen LogP contribution in [0, 0.1) is 6.92 Å². The molecule has 2 aliphatic heterocycles. The number of carbonyl (C=O) groups is 2. The topological polar surface area (TPSA) is 114 Å². The van der Waals surface area contributed by atoms with E-state index in [9.17, 15) is 27.9 Å². The number of methoxy groups -OCH3 is 2. The first-order valence-corrected chi connectivity index (χ1v) is 14.1. The summed E-state index contributed by atoms with van der Waals surface area (Å²) < 4.78 is 57.3. The first-order valence-electron chi connectivity index (χ1n) is 14.1. The summed E-state index contributed by atoms with van der Waals surface area (Å²) >= 11 is 0. The fraction of sp³-hybridized carbons (Fsp3) is 0.419. The van der Waals surface area contributed by atoms with E-state index in [0.717, 1.165) is 17.7 Å². The number of carboxylic acids is 1. The van der Waals surface area contributed by atoms with Crippen molar-refractivity contribution in [3.8, 4) is 16.9 Å². The predicted octanol–water partition coefficient (Wildman–Crippen LogP) is 5.41. The summed E-state index contributed by atoms with van der Waals surface area (Å²) in [4.78, 5) is 37.2. The number of aliphatic carboxylic acids is 1. The SMILES string of the molecule is COc1ccc(CCC(=O)O)cc1-c1cnc(N2CC(OC)C2)nc1CN1C(=O)O[C@H](c2cc(C)cc(C(F)(F)F)c2)[C@@H]1C. The number of aryl methyl sites for hydroxylation is 2. The molecule has 13 heteroatoms. The molecule has 2 saturated heterocycles. The lowest BCUT2D eigenvalue weighted by Gasteiger charge is -2.38. The number of ether oxygens (including phenoxy) is 3. The molecule has 0 unspecified atom stereocenters. The van der Waals surface area contributed by atoms with E-state index in [0.29, 0.717) is 53.6 Å². The molecule has 10 nitrogen and oxygen atoms in total. The van der Waals surface area contributed by atoms with Gasteiger partial charge in [-0.05, 0) is 55.7 Å². The molecule has 0 bridgehead atoms. The molecule has 1 N–H and O–H groups in total. The van der Waals surface area contributed by atoms with Crippen LogP contribution in [0.2, 0.25) is 0 Å². The van der Waals surface area contributed by atoms with Gasteiger partial charge in [0.2, 0.25) is 5.95 Å². The van der Waals surface area contributed by atoms with Crippen molar-refractivity contribution in [1.82, 2.24) is 14.9 Å². The zero-order valence-electron chi connectivity index (χ0n) is 24.7. The van der Waals surface area contributed by atoms with Gasteiger partial charge < -0.3 is 24.2 Å². The molecule has 234 valence electrons. The number of anilines is 1. The molecule has 2 aliphatic rings. The van der Waals surface area contributed by atoms with Gasteiger partial charge in [0.15, 0.2) is 0 Å². The number of aromatic nitrogens is 2. The average molecular weight is 615 g/mol. The van der Waals surface area contributed by atoms with Crippen LogP contribution >= 0.6 is 0 Å². The van der Waals surface area contributed by atoms with E-state index < -0.39 is 35.9 Å². The zero-order chi connectivity index (χ0) is 31.8. The van der Waals surface area contributed by atoms with Crippen molar-refractivity contribution in [1.29, 1.82) is 0 Å². The van der Waals surface area contributed by atoms with Crippen LogP contribution in [-0.4, -0.2) is 71.5 Å². The van der Waals surface area contributed by atoms with Gasteiger partial charge in [0.05, 0.1) is 37.1 Å². The Bertz CT molecular complexity index is 1560. The van der Waals surface area contributed by atoms with Crippen molar-refractivity contribution >= 4 is 18.0 Å². The first kappa shape index (κ1) is 31.0. The minimum absolute atomic E-state index is 0.0245. The van der Waals surface area contributed by atoms with Crippen LogP contribution in [0.3, 0.4) is 0 Å². The van der Waals surface area contributed by atoms with Crippen LogP contribution in [0.5, 0.6) is 5.75 Å². The van der Waals surface area contributed by atoms with Crippen LogP contribution in [0.15, 0.2) is 42.6 Å². The highest BCUT2D eigenvalue weighted by Crippen LogP contribution is 2.39. The van der Waals surface area contributed by atoms with Crippen LogP contribution in [0.25, 0.3) is 11.1 Å². The number of benzene rings is 2. The van der Waals surface area contributed by atoms with Crippen molar-refractivity contribution < 1.29 is 42.1 Å². The minimum atomic E-state index is -4.55. The second-order valence-electron chi connectivity index (χ2n) is 11.0. The molecule has 2 fully saturated rings. The van der Waals surface area contributed by atoms with E-state index in [4.69, 9.17) is 19.2 Å². The lowest BCUT2D eigenvalue weighted by Crippen LogP contribution is -2.52. The maximum Gasteiger partial charge on any atom is 0.416 e. The summed E-state index contributed by atoms with van der Waals surface area (Å²) in [7, 11) is 3.14. The molecule has 0 saturated carbocycles. The third kappa shape index (κ3) is 6.42. The lowest BCUT2D eigenvalue weighted by atomic mass is 9.97. The molecular formula is C31H33F3N4O6. The maximum absolute atomic E-state index is 13.6. The number of cyclic esters (lactones) is 1. The monoisotopic (exact) mass is 614 g/mol. The molecule has 0 radical (unpaired) electrons. The molecule has 1 amide bonds. The van der Waals surface area contributed by atoms with E-state index in [1.54, 1.807) is 45.4 Å². The van der Waals surface area contributed by atoms with Gasteiger partial charge in [0, 0.05) is 43.9 Å². The summed E-state index contributed by atoms with van der Waals surface area (Å²) in [5, 5.41) is 9.17. The third-order valence-corrected chi connectivity index (χ3v) is 7.97. The van der Waals surface area contributed by atoms with Gasteiger partial charge in [-0.1, -0.05) is 17.7 Å². The second kappa shape index (κ2) is 12.3. The molecule has 5 rings (SSSR count). The number of amides is 1. The highest BCUT2D eigenvalue weighted by atomic mass is 19.4. The smallest absolute Gasteiger partial charge is 0.416 e. The molecular weight excluding hydrogens is 581 g/mol. The number of alkyl halides is 3. The predicted molar refractivity (Wildman–Crippen MR) is 153 cm³/mol. The quantitative estimate of drug-likeness (QED) is 0.320. The normalized spacial score (nSPS) is 18.8. The highest BCUT2D eigenvalue weighted by molar-refractivity contribution is 5.75. The number of nitrogens with zero attached hydrogens (tertiary/aromatic N) is 4. The minimum Gasteiger partial charge on any atom is -0.496 e. The Morgan fingerprint density at radius 1 is 1.14 bits per heavy atom. The Kier molecular flexibility index (Phi) is 8.69. The van der Waals surface area contributed by atoms with Gasteiger partial charge in [-0.3, -0.25) is 9.69 Å². The van der Waals surface area contributed by atoms with Gasteiger partial charge >= 0.3 is 18.2 Å². The van der Waals surface area contributed by atoms with E-state index in [1.807, 2.05) is 11.0 Å². The van der Waals surface area contributed by atoms with Crippen LogP contribution < -0.4 is 9.64 Å². The van der Waals surface area contributed by atoms with Gasteiger partial charge in [0.25, 0.3) is 0 Å². The van der Waals surface area contributed by atoms with Crippen molar-refractivity contribution in [2.24, 2.45) is 0 Å². The standard InChI is InChI=1S/C31H33F3N4O6/c1-17-9-20(12-21(10-17)31(32,33)34)28-18(2)38(30(41)44-28)16-25-24(13-35-29(36-25)37-14-22(15-37)42-3)23-11-19(6-8-27(39)40)5-7-26(23)43-4/h5,7,9-13,18,22,28H,6,8,14-16H2,1-4H3,(H,39,40)/t18-,28-/m0/s1. The second-order valence-corrected chi connectivity index (χ2v) is 11.0. The number of carboxylic acid groups (broad SMARTS) is 1. The van der Waals surface area contributed by atoms with Crippen LogP contribution in [0.4, 0.5) is 23.9 Å². The summed E-state index contributed by atoms with van der Waals surface area (Å²) in [6.45, 7) is 4.43. The van der Waals surface area contributed by atoms with Crippen molar-refractivity contribution in [3.05, 3.63) is 70.5 Å². The van der Waals surface area contributed by atoms with Crippen molar-refractivity contribution in [2.45, 2.75) is 57.7 Å². The Morgan fingerprint density at radius 2 is 1.89 bits per heavy atom. The molecule has 0 aliphatic carbocycles. The summed E-state index contributed by atoms with van der Waals surface area (Å²) in [5.41, 5.74) is 2.25. The summed E-state index contributed by atoms with van der Waals surface area (Å²) in [6.07, 6.45) is -4.25. The molecule has 1 aromatic heterocycles. The van der Waals surface area contributed by atoms with E-state index in [2.05, 4.69) is 4.98 Å². The Hall–Kier alpha value is -4.39. The third-order valence-electron chi connectivity index (χ3n) is 7.97. The molecule has 2 aromatic carbocycles. The number of halogens is 3. The number of rotatable bonds is 10. The summed E-state index contributed by atoms with van der Waals surface area (Å²) in [6, 6.07) is 8.37. The largest absolute Gasteiger partial charge is 0.496 e. The van der Waals surface area contributed by atoms with Crippen molar-refractivity contribution in [2.75, 3.05) is 32.2 Å². The van der Waals surface area contributed by atoms with Crippen LogP contribution in [0.1, 0.15) is 47.4 Å². The van der Waals surface area contributed by atoms with Crippen LogP contribution in [-0.2, 0) is 33.4 Å². The fourth-order valence-electron chi connectivity index (χ4n) is 5.49. The molecule has 3 heterocycles. The molecule has 2 atom stereocenters. The lowest BCUT2D eigenvalue weighted by molar-refractivity contribution is -0.138. The van der Waals surface area contributed by atoms with Crippen molar-refractivity contribution in [3.63, 3.8) is 0 Å². The Morgan fingerprint density at radius 3 is 2.55 bits per heavy atom. The van der Waals surface area contributed by atoms with Gasteiger partial charge in [-0.25, -0.2) is 14.8 Å². The summed E-state index contributed by atoms with van der Waals surface area (Å²) in [5.74, 6) is 0.00876. The number of hydrogen-bond acceptors (Lipinski definition) is 8. The molecule has 3 aromatic rings. The Labute approximate surface area is 252 Å². The number of hydrogen-bond donors (Lipinski definition) is 1. The van der Waals surface area contributed by atoms with Gasteiger partial charge in [-0.2, -0.15) is 13.2 Å². The molecule has 0 spiro atoms. The highest BCUT2D eigenvalue weighted by Gasteiger charge is 2.42. The van der Waals surface area contributed by atoms with E-state index >= 15 is 0 Å². The average Bonchev–Trinajstić information content (AvgIpc) is 3.23. The van der Waals surface area contributed by atoms with Gasteiger partial charge in [-0.15, -0.1) is 0 Å². The zero-order valence-corrected chi connectivity index (χ0v) is 24.7. The van der Waals surface area contributed by atoms with E-state index in [1.165, 1.54) is 12.0 Å². The maximum atomic E-state index is 13.6. The molecule has 44 heavy (non-hydrogen) atoms. The number of carbonyl (C=O) groups excluding carboxylic acids is 1. The fourth-order valence-corrected chi connectivity index (χ4v) is 5.49. The van der Waals surface area contributed by atoms with Gasteiger partial charge in [0.1, 0.15) is 11.9 Å². The Balaban J connectivity index is 1.51.